The lowest BCUT2D eigenvalue weighted by molar-refractivity contribution is 0.887. The molecule has 0 aliphatic rings. The van der Waals surface area contributed by atoms with Gasteiger partial charge in [-0.05, 0) is 25.5 Å². The zero-order valence-corrected chi connectivity index (χ0v) is 12.8. The molecule has 2 aromatic heterocycles. The number of nitrogens with zero attached hydrogens (tertiary/aromatic N) is 4. The number of thioether (sulfide) groups is 1. The van der Waals surface area contributed by atoms with Crippen LogP contribution in [0.1, 0.15) is 17.0 Å². The molecule has 0 aliphatic carbocycles. The molecule has 3 aromatic rings. The van der Waals surface area contributed by atoms with Gasteiger partial charge in [0.05, 0.1) is 0 Å². The van der Waals surface area contributed by atoms with E-state index in [4.69, 9.17) is 0 Å². The predicted molar refractivity (Wildman–Crippen MR) is 86.5 cm³/mol. The number of hydrogen-bond acceptors (Lipinski definition) is 4. The van der Waals surface area contributed by atoms with E-state index in [9.17, 15) is 0 Å². The van der Waals surface area contributed by atoms with Crippen LogP contribution in [0.5, 0.6) is 0 Å². The van der Waals surface area contributed by atoms with E-state index in [0.717, 1.165) is 22.3 Å². The summed E-state index contributed by atoms with van der Waals surface area (Å²) < 4.78 is 1.99. The van der Waals surface area contributed by atoms with Gasteiger partial charge >= 0.3 is 0 Å². The molecule has 4 nitrogen and oxygen atoms in total. The Balaban J connectivity index is 1.73. The van der Waals surface area contributed by atoms with Crippen molar-refractivity contribution in [1.82, 2.24) is 19.6 Å². The summed E-state index contributed by atoms with van der Waals surface area (Å²) in [5, 5.41) is 9.24. The normalized spacial score (nSPS) is 11.5. The fourth-order valence-electron chi connectivity index (χ4n) is 2.16. The van der Waals surface area contributed by atoms with Crippen LogP contribution in [-0.4, -0.2) is 25.3 Å². The van der Waals surface area contributed by atoms with Crippen LogP contribution in [0.25, 0.3) is 11.9 Å². The van der Waals surface area contributed by atoms with Crippen molar-refractivity contribution < 1.29 is 0 Å². The SMILES string of the molecule is Cc1cc(C)n2c(SC/C=C/c3ccccc3)nnc2n1. The van der Waals surface area contributed by atoms with Gasteiger partial charge in [0, 0.05) is 17.1 Å². The van der Waals surface area contributed by atoms with Crippen LogP contribution in [0.15, 0.2) is 47.6 Å². The average Bonchev–Trinajstić information content (AvgIpc) is 2.88. The van der Waals surface area contributed by atoms with Crippen molar-refractivity contribution >= 4 is 23.6 Å². The average molecular weight is 296 g/mol. The van der Waals surface area contributed by atoms with Crippen molar-refractivity contribution in [1.29, 1.82) is 0 Å². The lowest BCUT2D eigenvalue weighted by Gasteiger charge is -2.02. The molecule has 0 N–H and O–H groups in total. The molecule has 0 saturated heterocycles. The first-order valence-electron chi connectivity index (χ1n) is 6.78. The first-order valence-corrected chi connectivity index (χ1v) is 7.76. The van der Waals surface area contributed by atoms with Crippen LogP contribution in [0.4, 0.5) is 0 Å². The first-order chi connectivity index (χ1) is 10.2. The maximum absolute atomic E-state index is 4.39. The third-order valence-electron chi connectivity index (χ3n) is 3.08. The molecule has 0 saturated carbocycles. The maximum Gasteiger partial charge on any atom is 0.256 e. The highest BCUT2D eigenvalue weighted by Gasteiger charge is 2.09. The number of benzene rings is 1. The van der Waals surface area contributed by atoms with Crippen molar-refractivity contribution in [3.8, 4) is 0 Å². The number of hydrogen-bond donors (Lipinski definition) is 0. The summed E-state index contributed by atoms with van der Waals surface area (Å²) >= 11 is 1.66. The van der Waals surface area contributed by atoms with E-state index in [1.807, 2.05) is 35.6 Å². The first kappa shape index (κ1) is 13.8. The summed E-state index contributed by atoms with van der Waals surface area (Å²) in [4.78, 5) is 4.39. The molecule has 106 valence electrons. The molecule has 5 heteroatoms. The molecule has 0 atom stereocenters. The number of aromatic nitrogens is 4. The molecule has 21 heavy (non-hydrogen) atoms. The Morgan fingerprint density at radius 1 is 1.14 bits per heavy atom. The topological polar surface area (TPSA) is 43.1 Å². The van der Waals surface area contributed by atoms with Gasteiger partial charge in [0.25, 0.3) is 5.78 Å². The summed E-state index contributed by atoms with van der Waals surface area (Å²) in [5.41, 5.74) is 3.28. The molecular formula is C16H16N4S. The van der Waals surface area contributed by atoms with Crippen molar-refractivity contribution in [2.45, 2.75) is 19.0 Å². The molecular weight excluding hydrogens is 280 g/mol. The second kappa shape index (κ2) is 6.10. The summed E-state index contributed by atoms with van der Waals surface area (Å²) in [7, 11) is 0. The van der Waals surface area contributed by atoms with Crippen molar-refractivity contribution in [2.75, 3.05) is 5.75 Å². The van der Waals surface area contributed by atoms with E-state index >= 15 is 0 Å². The Hall–Kier alpha value is -2.14. The molecule has 0 amide bonds. The van der Waals surface area contributed by atoms with Gasteiger partial charge in [-0.25, -0.2) is 4.98 Å². The second-order valence-electron chi connectivity index (χ2n) is 4.78. The van der Waals surface area contributed by atoms with Gasteiger partial charge in [0.1, 0.15) is 0 Å². The van der Waals surface area contributed by atoms with Crippen LogP contribution in [0.2, 0.25) is 0 Å². The fourth-order valence-corrected chi connectivity index (χ4v) is 2.96. The standard InChI is InChI=1S/C16H16N4S/c1-12-11-13(2)20-15(17-12)18-19-16(20)21-10-6-9-14-7-4-3-5-8-14/h3-9,11H,10H2,1-2H3/b9-6+. The van der Waals surface area contributed by atoms with E-state index in [1.54, 1.807) is 11.8 Å². The largest absolute Gasteiger partial charge is 0.259 e. The van der Waals surface area contributed by atoms with Gasteiger partial charge in [-0.15, -0.1) is 10.2 Å². The van der Waals surface area contributed by atoms with Crippen molar-refractivity contribution in [3.63, 3.8) is 0 Å². The maximum atomic E-state index is 4.39. The molecule has 2 heterocycles. The van der Waals surface area contributed by atoms with E-state index in [0.29, 0.717) is 5.78 Å². The van der Waals surface area contributed by atoms with Gasteiger partial charge in [-0.1, -0.05) is 54.2 Å². The van der Waals surface area contributed by atoms with Gasteiger partial charge in [0.15, 0.2) is 5.16 Å². The Bertz CT molecular complexity index is 778. The lowest BCUT2D eigenvalue weighted by Crippen LogP contribution is -1.97. The van der Waals surface area contributed by atoms with Gasteiger partial charge < -0.3 is 0 Å². The van der Waals surface area contributed by atoms with Gasteiger partial charge in [0.2, 0.25) is 0 Å². The quantitative estimate of drug-likeness (QED) is 0.691. The molecule has 0 fully saturated rings. The highest BCUT2D eigenvalue weighted by atomic mass is 32.2. The van der Waals surface area contributed by atoms with Gasteiger partial charge in [-0.3, -0.25) is 4.40 Å². The lowest BCUT2D eigenvalue weighted by atomic mass is 10.2. The van der Waals surface area contributed by atoms with E-state index in [2.05, 4.69) is 46.4 Å². The van der Waals surface area contributed by atoms with E-state index in [1.165, 1.54) is 5.56 Å². The van der Waals surface area contributed by atoms with E-state index in [-0.39, 0.29) is 0 Å². The zero-order valence-electron chi connectivity index (χ0n) is 12.0. The fraction of sp³-hybridized carbons (Fsp3) is 0.188. The summed E-state index contributed by atoms with van der Waals surface area (Å²) in [6.07, 6.45) is 4.25. The third-order valence-corrected chi connectivity index (χ3v) is 3.96. The molecule has 0 bridgehead atoms. The highest BCUT2D eigenvalue weighted by molar-refractivity contribution is 7.99. The number of fused-ring (bicyclic) bond motifs is 1. The van der Waals surface area contributed by atoms with Crippen LogP contribution < -0.4 is 0 Å². The molecule has 0 unspecified atom stereocenters. The molecule has 0 spiro atoms. The number of aryl methyl sites for hydroxylation is 2. The molecule has 0 radical (unpaired) electrons. The predicted octanol–water partition coefficient (Wildman–Crippen LogP) is 3.55. The summed E-state index contributed by atoms with van der Waals surface area (Å²) in [5.74, 6) is 1.52. The summed E-state index contributed by atoms with van der Waals surface area (Å²) in [6, 6.07) is 12.3. The zero-order chi connectivity index (χ0) is 14.7. The van der Waals surface area contributed by atoms with Crippen LogP contribution >= 0.6 is 11.8 Å². The Kier molecular flexibility index (Phi) is 4.01. The minimum absolute atomic E-state index is 0.669. The molecule has 1 aromatic carbocycles. The monoisotopic (exact) mass is 296 g/mol. The van der Waals surface area contributed by atoms with Gasteiger partial charge in [-0.2, -0.15) is 0 Å². The van der Waals surface area contributed by atoms with Crippen molar-refractivity contribution in [2.24, 2.45) is 0 Å². The molecule has 3 rings (SSSR count). The van der Waals surface area contributed by atoms with E-state index < -0.39 is 0 Å². The smallest absolute Gasteiger partial charge is 0.256 e. The highest BCUT2D eigenvalue weighted by Crippen LogP contribution is 2.18. The minimum Gasteiger partial charge on any atom is -0.259 e. The van der Waals surface area contributed by atoms with Crippen LogP contribution in [0.3, 0.4) is 0 Å². The Labute approximate surface area is 127 Å². The second-order valence-corrected chi connectivity index (χ2v) is 5.77. The summed E-state index contributed by atoms with van der Waals surface area (Å²) in [6.45, 7) is 4.02. The Morgan fingerprint density at radius 3 is 2.76 bits per heavy atom. The van der Waals surface area contributed by atoms with Crippen molar-refractivity contribution in [3.05, 3.63) is 59.4 Å². The minimum atomic E-state index is 0.669. The molecule has 0 aliphatic heterocycles. The Morgan fingerprint density at radius 2 is 1.95 bits per heavy atom. The number of rotatable bonds is 4. The van der Waals surface area contributed by atoms with Crippen LogP contribution in [0, 0.1) is 13.8 Å². The third kappa shape index (κ3) is 3.13. The van der Waals surface area contributed by atoms with Crippen LogP contribution in [-0.2, 0) is 0 Å².